The zero-order valence-electron chi connectivity index (χ0n) is 12.1. The van der Waals surface area contributed by atoms with Gasteiger partial charge in [0, 0.05) is 6.61 Å². The van der Waals surface area contributed by atoms with E-state index in [4.69, 9.17) is 0 Å². The second kappa shape index (κ2) is 5.50. The summed E-state index contributed by atoms with van der Waals surface area (Å²) >= 11 is 0. The second-order valence-electron chi connectivity index (χ2n) is 6.84. The average Bonchev–Trinajstić information content (AvgIpc) is 2.08. The number of aliphatic hydroxyl groups is 1. The molecule has 0 bridgehead atoms. The molecule has 0 saturated carbocycles. The lowest BCUT2D eigenvalue weighted by Crippen LogP contribution is -2.41. The van der Waals surface area contributed by atoms with Gasteiger partial charge in [-0.25, -0.2) is 0 Å². The molecule has 95 valence electrons. The molecule has 0 amide bonds. The summed E-state index contributed by atoms with van der Waals surface area (Å²) < 4.78 is 0. The third kappa shape index (κ3) is 4.06. The fourth-order valence-corrected chi connectivity index (χ4v) is 8.03. The zero-order valence-corrected chi connectivity index (χ0v) is 13.1. The van der Waals surface area contributed by atoms with E-state index in [1.54, 1.807) is 0 Å². The Hall–Kier alpha value is -0.0831. The molecule has 0 aromatic carbocycles. The predicted octanol–water partition coefficient (Wildman–Crippen LogP) is 4.27. The fraction of sp³-hybridized carbons (Fsp3) is 0.857. The van der Waals surface area contributed by atoms with E-state index in [2.05, 4.69) is 61.1 Å². The Morgan fingerprint density at radius 1 is 1.12 bits per heavy atom. The van der Waals surface area contributed by atoms with Crippen molar-refractivity contribution in [3.8, 4) is 0 Å². The quantitative estimate of drug-likeness (QED) is 0.576. The molecule has 0 aliphatic rings. The topological polar surface area (TPSA) is 20.2 Å². The summed E-state index contributed by atoms with van der Waals surface area (Å²) in [6.07, 6.45) is 2.08. The van der Waals surface area contributed by atoms with Crippen LogP contribution < -0.4 is 0 Å². The lowest BCUT2D eigenvalue weighted by atomic mass is 10.1. The van der Waals surface area contributed by atoms with Crippen molar-refractivity contribution >= 4 is 8.80 Å². The summed E-state index contributed by atoms with van der Waals surface area (Å²) in [6, 6.07) is 0. The molecule has 0 aliphatic carbocycles. The molecule has 1 radical (unpaired) electrons. The van der Waals surface area contributed by atoms with Crippen LogP contribution in [-0.2, 0) is 0 Å². The Bertz CT molecular complexity index is 208. The van der Waals surface area contributed by atoms with Crippen LogP contribution in [0, 0.1) is 5.92 Å². The highest BCUT2D eigenvalue weighted by Gasteiger charge is 2.42. The van der Waals surface area contributed by atoms with E-state index in [9.17, 15) is 5.11 Å². The van der Waals surface area contributed by atoms with E-state index in [0.29, 0.717) is 21.5 Å². The van der Waals surface area contributed by atoms with Crippen molar-refractivity contribution in [3.05, 3.63) is 12.7 Å². The molecule has 0 saturated heterocycles. The molecule has 0 rings (SSSR count). The number of rotatable bonds is 4. The monoisotopic (exact) mass is 241 g/mol. The molecule has 0 aromatic heterocycles. The average molecular weight is 241 g/mol. The van der Waals surface area contributed by atoms with Crippen LogP contribution in [0.5, 0.6) is 0 Å². The van der Waals surface area contributed by atoms with E-state index in [-0.39, 0.29) is 6.61 Å². The predicted molar refractivity (Wildman–Crippen MR) is 75.4 cm³/mol. The van der Waals surface area contributed by atoms with Gasteiger partial charge in [-0.1, -0.05) is 54.5 Å². The van der Waals surface area contributed by atoms with Crippen molar-refractivity contribution < 1.29 is 5.11 Å². The first-order valence-electron chi connectivity index (χ1n) is 6.17. The van der Waals surface area contributed by atoms with Gasteiger partial charge in [-0.15, -0.1) is 6.58 Å². The summed E-state index contributed by atoms with van der Waals surface area (Å²) in [5, 5.41) is 10.0. The molecule has 1 nitrogen and oxygen atoms in total. The maximum atomic E-state index is 9.39. The molecule has 0 heterocycles. The lowest BCUT2D eigenvalue weighted by Gasteiger charge is -2.45. The normalized spacial score (nSPS) is 17.3. The van der Waals surface area contributed by atoms with Gasteiger partial charge in [0.15, 0.2) is 0 Å². The molecule has 1 N–H and O–H groups in total. The van der Waals surface area contributed by atoms with Gasteiger partial charge < -0.3 is 5.11 Å². The molecule has 16 heavy (non-hydrogen) atoms. The van der Waals surface area contributed by atoms with Crippen LogP contribution in [0.25, 0.3) is 0 Å². The highest BCUT2D eigenvalue weighted by atomic mass is 28.3. The first-order chi connectivity index (χ1) is 7.05. The minimum Gasteiger partial charge on any atom is -0.396 e. The number of aliphatic hydroxyl groups excluding tert-OH is 1. The molecule has 2 heteroatoms. The Morgan fingerprint density at radius 3 is 1.69 bits per heavy atom. The van der Waals surface area contributed by atoms with Gasteiger partial charge in [0.05, 0.1) is 8.80 Å². The highest BCUT2D eigenvalue weighted by molar-refractivity contribution is 6.67. The second-order valence-corrected chi connectivity index (χ2v) is 11.3. The van der Waals surface area contributed by atoms with Crippen molar-refractivity contribution in [1.82, 2.24) is 0 Å². The van der Waals surface area contributed by atoms with Gasteiger partial charge in [-0.05, 0) is 21.5 Å². The smallest absolute Gasteiger partial charge is 0.0672 e. The van der Waals surface area contributed by atoms with Gasteiger partial charge in [-0.2, -0.15) is 0 Å². The molecule has 0 aromatic rings. The molecular weight excluding hydrogens is 212 g/mol. The van der Waals surface area contributed by atoms with Crippen LogP contribution in [-0.4, -0.2) is 20.5 Å². The van der Waals surface area contributed by atoms with Crippen LogP contribution in [0.4, 0.5) is 0 Å². The molecular formula is C14H29OSi. The van der Waals surface area contributed by atoms with Gasteiger partial charge in [0.1, 0.15) is 0 Å². The molecule has 0 unspecified atom stereocenters. The largest absolute Gasteiger partial charge is 0.396 e. The van der Waals surface area contributed by atoms with Gasteiger partial charge in [0.2, 0.25) is 0 Å². The maximum Gasteiger partial charge on any atom is 0.0672 e. The number of allylic oxidation sites excluding steroid dienone is 1. The van der Waals surface area contributed by atoms with Crippen LogP contribution in [0.1, 0.15) is 48.5 Å². The Labute approximate surface area is 104 Å². The van der Waals surface area contributed by atoms with Gasteiger partial charge in [-0.3, -0.25) is 0 Å². The van der Waals surface area contributed by atoms with E-state index < -0.39 is 8.80 Å². The van der Waals surface area contributed by atoms with Crippen molar-refractivity contribution in [2.75, 3.05) is 6.61 Å². The third-order valence-electron chi connectivity index (χ3n) is 3.10. The van der Waals surface area contributed by atoms with E-state index in [1.165, 1.54) is 0 Å². The van der Waals surface area contributed by atoms with Gasteiger partial charge >= 0.3 is 0 Å². The Balaban J connectivity index is 5.24. The lowest BCUT2D eigenvalue weighted by molar-refractivity contribution is 0.236. The summed E-state index contributed by atoms with van der Waals surface area (Å²) in [5.41, 5.74) is 0.468. The first-order valence-corrected chi connectivity index (χ1v) is 7.74. The standard InChI is InChI=1S/C14H29OSi/c1-9-12(11(2)10-15)16(13(3,4)5)14(6,7)8/h9,11-12,15H,1,10H2,2-8H3/t11-,12+/m1/s1. The Kier molecular flexibility index (Phi) is 5.47. The molecule has 0 fully saturated rings. The van der Waals surface area contributed by atoms with Crippen molar-refractivity contribution in [2.24, 2.45) is 5.92 Å². The highest BCUT2D eigenvalue weighted by Crippen LogP contribution is 2.49. The number of hydrogen-bond acceptors (Lipinski definition) is 1. The van der Waals surface area contributed by atoms with E-state index in [0.717, 1.165) is 0 Å². The van der Waals surface area contributed by atoms with Gasteiger partial charge in [0.25, 0.3) is 0 Å². The zero-order chi connectivity index (χ0) is 13.1. The maximum absolute atomic E-state index is 9.39. The van der Waals surface area contributed by atoms with Crippen LogP contribution in [0.2, 0.25) is 15.6 Å². The van der Waals surface area contributed by atoms with Crippen molar-refractivity contribution in [3.63, 3.8) is 0 Å². The fourth-order valence-electron chi connectivity index (χ4n) is 2.87. The molecule has 2 atom stereocenters. The van der Waals surface area contributed by atoms with E-state index >= 15 is 0 Å². The Morgan fingerprint density at radius 2 is 1.50 bits per heavy atom. The summed E-state index contributed by atoms with van der Waals surface area (Å²) in [7, 11) is -0.654. The SMILES string of the molecule is C=C[C@@H]([C@H](C)CO)[Si](C(C)(C)C)C(C)(C)C. The summed E-state index contributed by atoms with van der Waals surface area (Å²) in [5.74, 6) is 0.324. The minimum atomic E-state index is -0.654. The van der Waals surface area contributed by atoms with E-state index in [1.807, 2.05) is 0 Å². The van der Waals surface area contributed by atoms with Crippen molar-refractivity contribution in [1.29, 1.82) is 0 Å². The first kappa shape index (κ1) is 15.9. The summed E-state index contributed by atoms with van der Waals surface area (Å²) in [4.78, 5) is 0. The van der Waals surface area contributed by atoms with Crippen LogP contribution in [0.15, 0.2) is 12.7 Å². The number of hydrogen-bond donors (Lipinski definition) is 1. The third-order valence-corrected chi connectivity index (χ3v) is 7.81. The van der Waals surface area contributed by atoms with Crippen LogP contribution >= 0.6 is 0 Å². The van der Waals surface area contributed by atoms with Crippen molar-refractivity contribution in [2.45, 2.75) is 64.1 Å². The molecule has 0 aliphatic heterocycles. The summed E-state index contributed by atoms with van der Waals surface area (Å²) in [6.45, 7) is 20.3. The van der Waals surface area contributed by atoms with Crippen LogP contribution in [0.3, 0.4) is 0 Å². The minimum absolute atomic E-state index is 0.261. The molecule has 0 spiro atoms.